The molecule has 1 aromatic rings. The van der Waals surface area contributed by atoms with Gasteiger partial charge in [-0.3, -0.25) is 0 Å². The third-order valence-corrected chi connectivity index (χ3v) is 3.20. The minimum Gasteiger partial charge on any atom is -0.493 e. The maximum Gasteiger partial charge on any atom is 0.332 e. The Kier molecular flexibility index (Phi) is 5.05. The average Bonchev–Trinajstić information content (AvgIpc) is 2.84. The summed E-state index contributed by atoms with van der Waals surface area (Å²) in [7, 11) is 0. The van der Waals surface area contributed by atoms with E-state index in [-0.39, 0.29) is 6.10 Å². The highest BCUT2D eigenvalue weighted by Gasteiger charge is 2.21. The lowest BCUT2D eigenvalue weighted by molar-refractivity contribution is -0.139. The number of esters is 1. The Morgan fingerprint density at radius 1 is 1.59 bits per heavy atom. The van der Waals surface area contributed by atoms with Gasteiger partial charge in [0.2, 0.25) is 0 Å². The van der Waals surface area contributed by atoms with E-state index in [4.69, 9.17) is 19.5 Å². The van der Waals surface area contributed by atoms with Crippen LogP contribution in [0.25, 0.3) is 6.08 Å². The summed E-state index contributed by atoms with van der Waals surface area (Å²) in [6.07, 6.45) is 3.12. The molecule has 0 saturated heterocycles. The number of rotatable bonds is 5. The fraction of sp³-hybridized carbons (Fsp3) is 0.412. The fourth-order valence-corrected chi connectivity index (χ4v) is 2.26. The molecule has 0 saturated carbocycles. The summed E-state index contributed by atoms with van der Waals surface area (Å²) in [5.74, 6) is 0.956. The van der Waals surface area contributed by atoms with E-state index in [1.807, 2.05) is 32.0 Å². The number of carbonyl (C=O) groups is 1. The molecule has 0 radical (unpaired) electrons. The zero-order chi connectivity index (χ0) is 16.1. The Labute approximate surface area is 130 Å². The van der Waals surface area contributed by atoms with Crippen LogP contribution >= 0.6 is 0 Å². The standard InChI is InChI=1S/C17H19NO4/c1-4-20-15-9-14-7-11(2)21-16(14)8-13(15)5-6-17(19)22-12(3)10-18/h5-6,8-9,11-12H,4,7H2,1-3H3/b6-5+/t11-,12-/m1/s1. The summed E-state index contributed by atoms with van der Waals surface area (Å²) in [6, 6.07) is 5.65. The first kappa shape index (κ1) is 15.9. The number of hydrogen-bond donors (Lipinski definition) is 0. The van der Waals surface area contributed by atoms with E-state index >= 15 is 0 Å². The van der Waals surface area contributed by atoms with Crippen molar-refractivity contribution in [3.05, 3.63) is 29.3 Å². The van der Waals surface area contributed by atoms with Crippen molar-refractivity contribution in [3.8, 4) is 17.6 Å². The van der Waals surface area contributed by atoms with Crippen molar-refractivity contribution in [2.45, 2.75) is 39.4 Å². The normalized spacial score (nSPS) is 17.5. The number of fused-ring (bicyclic) bond motifs is 1. The third kappa shape index (κ3) is 3.79. The number of ether oxygens (including phenoxy) is 3. The Morgan fingerprint density at radius 3 is 3.05 bits per heavy atom. The third-order valence-electron chi connectivity index (χ3n) is 3.20. The van der Waals surface area contributed by atoms with Gasteiger partial charge in [0, 0.05) is 23.6 Å². The molecular weight excluding hydrogens is 282 g/mol. The summed E-state index contributed by atoms with van der Waals surface area (Å²) < 4.78 is 16.2. The largest absolute Gasteiger partial charge is 0.493 e. The van der Waals surface area contributed by atoms with Crippen LogP contribution in [0.3, 0.4) is 0 Å². The second kappa shape index (κ2) is 6.99. The van der Waals surface area contributed by atoms with E-state index in [1.54, 1.807) is 6.08 Å². The minimum atomic E-state index is -0.771. The van der Waals surface area contributed by atoms with Gasteiger partial charge >= 0.3 is 5.97 Å². The quantitative estimate of drug-likeness (QED) is 0.618. The van der Waals surface area contributed by atoms with Crippen molar-refractivity contribution in [2.24, 2.45) is 0 Å². The predicted molar refractivity (Wildman–Crippen MR) is 81.6 cm³/mol. The average molecular weight is 301 g/mol. The first-order chi connectivity index (χ1) is 10.5. The van der Waals surface area contributed by atoms with Crippen LogP contribution in [0, 0.1) is 11.3 Å². The van der Waals surface area contributed by atoms with Gasteiger partial charge in [-0.05, 0) is 39.0 Å². The van der Waals surface area contributed by atoms with Crippen molar-refractivity contribution >= 4 is 12.0 Å². The van der Waals surface area contributed by atoms with Gasteiger partial charge in [0.15, 0.2) is 6.10 Å². The van der Waals surface area contributed by atoms with Crippen LogP contribution in [0.2, 0.25) is 0 Å². The topological polar surface area (TPSA) is 68.5 Å². The molecule has 0 aliphatic carbocycles. The molecule has 0 bridgehead atoms. The molecule has 2 atom stereocenters. The van der Waals surface area contributed by atoms with E-state index in [9.17, 15) is 4.79 Å². The highest BCUT2D eigenvalue weighted by molar-refractivity contribution is 5.88. The minimum absolute atomic E-state index is 0.144. The molecule has 0 amide bonds. The maximum absolute atomic E-state index is 11.6. The molecular formula is C17H19NO4. The first-order valence-corrected chi connectivity index (χ1v) is 7.28. The van der Waals surface area contributed by atoms with Gasteiger partial charge in [0.25, 0.3) is 0 Å². The Bertz CT molecular complexity index is 630. The monoisotopic (exact) mass is 301 g/mol. The van der Waals surface area contributed by atoms with Crippen molar-refractivity contribution in [1.29, 1.82) is 5.26 Å². The van der Waals surface area contributed by atoms with Gasteiger partial charge in [-0.25, -0.2) is 4.79 Å². The number of hydrogen-bond acceptors (Lipinski definition) is 5. The van der Waals surface area contributed by atoms with Gasteiger partial charge in [0.05, 0.1) is 6.61 Å². The predicted octanol–water partition coefficient (Wildman–Crippen LogP) is 2.88. The molecule has 0 fully saturated rings. The molecule has 0 unspecified atom stereocenters. The molecule has 116 valence electrons. The van der Waals surface area contributed by atoms with Gasteiger partial charge < -0.3 is 14.2 Å². The fourth-order valence-electron chi connectivity index (χ4n) is 2.26. The molecule has 0 aromatic heterocycles. The molecule has 1 aliphatic rings. The Morgan fingerprint density at radius 2 is 2.36 bits per heavy atom. The van der Waals surface area contributed by atoms with E-state index in [0.29, 0.717) is 12.4 Å². The molecule has 0 spiro atoms. The van der Waals surface area contributed by atoms with Crippen LogP contribution in [0.15, 0.2) is 18.2 Å². The van der Waals surface area contributed by atoms with E-state index in [1.165, 1.54) is 13.0 Å². The van der Waals surface area contributed by atoms with Gasteiger partial charge in [-0.15, -0.1) is 0 Å². The summed E-state index contributed by atoms with van der Waals surface area (Å²) in [4.78, 5) is 11.6. The molecule has 2 rings (SSSR count). The SMILES string of the molecule is CCOc1cc2c(cc1/C=C/C(=O)O[C@H](C)C#N)O[C@H](C)C2. The van der Waals surface area contributed by atoms with E-state index in [0.717, 1.165) is 23.3 Å². The summed E-state index contributed by atoms with van der Waals surface area (Å²) in [6.45, 7) is 5.97. The van der Waals surface area contributed by atoms with Crippen molar-refractivity contribution < 1.29 is 19.0 Å². The maximum atomic E-state index is 11.6. The van der Waals surface area contributed by atoms with Crippen LogP contribution in [-0.2, 0) is 16.0 Å². The number of benzene rings is 1. The van der Waals surface area contributed by atoms with Crippen LogP contribution in [0.4, 0.5) is 0 Å². The lowest BCUT2D eigenvalue weighted by atomic mass is 10.1. The van der Waals surface area contributed by atoms with E-state index < -0.39 is 12.1 Å². The second-order valence-corrected chi connectivity index (χ2v) is 5.10. The van der Waals surface area contributed by atoms with Crippen LogP contribution in [-0.4, -0.2) is 24.8 Å². The van der Waals surface area contributed by atoms with E-state index in [2.05, 4.69) is 0 Å². The van der Waals surface area contributed by atoms with Crippen LogP contribution < -0.4 is 9.47 Å². The smallest absolute Gasteiger partial charge is 0.332 e. The highest BCUT2D eigenvalue weighted by atomic mass is 16.5. The van der Waals surface area contributed by atoms with Crippen molar-refractivity contribution in [3.63, 3.8) is 0 Å². The second-order valence-electron chi connectivity index (χ2n) is 5.10. The molecule has 1 heterocycles. The summed E-state index contributed by atoms with van der Waals surface area (Å²) in [5.41, 5.74) is 1.85. The number of carbonyl (C=O) groups excluding carboxylic acids is 1. The lowest BCUT2D eigenvalue weighted by Crippen LogP contribution is -2.10. The van der Waals surface area contributed by atoms with Crippen LogP contribution in [0.1, 0.15) is 31.9 Å². The molecule has 0 N–H and O–H groups in total. The number of nitrogens with zero attached hydrogens (tertiary/aromatic N) is 1. The van der Waals surface area contributed by atoms with Crippen molar-refractivity contribution in [1.82, 2.24) is 0 Å². The first-order valence-electron chi connectivity index (χ1n) is 7.28. The van der Waals surface area contributed by atoms with Gasteiger partial charge in [-0.1, -0.05) is 0 Å². The molecule has 22 heavy (non-hydrogen) atoms. The molecule has 1 aliphatic heterocycles. The zero-order valence-electron chi connectivity index (χ0n) is 13.0. The van der Waals surface area contributed by atoms with Crippen molar-refractivity contribution in [2.75, 3.05) is 6.61 Å². The molecule has 1 aromatic carbocycles. The van der Waals surface area contributed by atoms with Crippen LogP contribution in [0.5, 0.6) is 11.5 Å². The van der Waals surface area contributed by atoms with Gasteiger partial charge in [0.1, 0.15) is 23.7 Å². The number of nitriles is 1. The van der Waals surface area contributed by atoms with Gasteiger partial charge in [-0.2, -0.15) is 5.26 Å². The molecule has 5 heteroatoms. The molecule has 5 nitrogen and oxygen atoms in total. The lowest BCUT2D eigenvalue weighted by Gasteiger charge is -2.10. The highest BCUT2D eigenvalue weighted by Crippen LogP contribution is 2.35. The Hall–Kier alpha value is -2.48. The summed E-state index contributed by atoms with van der Waals surface area (Å²) in [5, 5.41) is 8.63. The Balaban J connectivity index is 2.21. The zero-order valence-corrected chi connectivity index (χ0v) is 13.0. The summed E-state index contributed by atoms with van der Waals surface area (Å²) >= 11 is 0.